The second-order valence-corrected chi connectivity index (χ2v) is 3.65. The molecule has 1 aromatic carbocycles. The van der Waals surface area contributed by atoms with Crippen LogP contribution in [0.3, 0.4) is 0 Å². The van der Waals surface area contributed by atoms with Crippen LogP contribution in [0.25, 0.3) is 0 Å². The number of hydrogen-bond donors (Lipinski definition) is 0. The molecule has 0 aliphatic rings. The molecular weight excluding hydrogens is 282 g/mol. The molecule has 0 aliphatic heterocycles. The van der Waals surface area contributed by atoms with Crippen molar-refractivity contribution in [3.63, 3.8) is 0 Å². The Kier molecular flexibility index (Phi) is 5.80. The summed E-state index contributed by atoms with van der Waals surface area (Å²) in [4.78, 5) is 15.8. The van der Waals surface area contributed by atoms with Gasteiger partial charge in [-0.25, -0.2) is 4.79 Å². The molecule has 6 heteroatoms. The number of esters is 1. The number of halogens is 1. The Balaban J connectivity index is 0.00000200. The van der Waals surface area contributed by atoms with Crippen LogP contribution in [0.4, 0.5) is 0 Å². The second kappa shape index (κ2) is 7.35. The number of aromatic nitrogens is 1. The number of ether oxygens (including phenoxy) is 3. The van der Waals surface area contributed by atoms with E-state index in [1.807, 2.05) is 0 Å². The van der Waals surface area contributed by atoms with Crippen LogP contribution in [0.15, 0.2) is 42.7 Å². The van der Waals surface area contributed by atoms with Gasteiger partial charge in [-0.1, -0.05) is 0 Å². The summed E-state index contributed by atoms with van der Waals surface area (Å²) in [5.41, 5.74) is 0.376. The van der Waals surface area contributed by atoms with Crippen LogP contribution >= 0.6 is 12.4 Å². The van der Waals surface area contributed by atoms with Crippen LogP contribution in [0, 0.1) is 0 Å². The molecular formula is C14H14ClNO4. The number of hydrogen-bond acceptors (Lipinski definition) is 5. The van der Waals surface area contributed by atoms with E-state index in [1.54, 1.807) is 36.5 Å². The van der Waals surface area contributed by atoms with Gasteiger partial charge in [-0.2, -0.15) is 0 Å². The third-order valence-electron chi connectivity index (χ3n) is 2.46. The summed E-state index contributed by atoms with van der Waals surface area (Å²) < 4.78 is 15.4. The maximum Gasteiger partial charge on any atom is 0.343 e. The van der Waals surface area contributed by atoms with E-state index >= 15 is 0 Å². The summed E-state index contributed by atoms with van der Waals surface area (Å²) >= 11 is 0. The monoisotopic (exact) mass is 295 g/mol. The normalized spacial score (nSPS) is 9.30. The molecule has 2 aromatic rings. The van der Waals surface area contributed by atoms with Gasteiger partial charge in [0.15, 0.2) is 11.5 Å². The highest BCUT2D eigenvalue weighted by molar-refractivity contribution is 5.91. The van der Waals surface area contributed by atoms with Crippen molar-refractivity contribution in [2.45, 2.75) is 0 Å². The third kappa shape index (κ3) is 3.61. The summed E-state index contributed by atoms with van der Waals surface area (Å²) in [6.07, 6.45) is 3.08. The van der Waals surface area contributed by atoms with Gasteiger partial charge in [0, 0.05) is 6.20 Å². The van der Waals surface area contributed by atoms with E-state index in [9.17, 15) is 4.79 Å². The summed E-state index contributed by atoms with van der Waals surface area (Å²) in [6, 6.07) is 8.18. The maximum absolute atomic E-state index is 11.9. The van der Waals surface area contributed by atoms with E-state index in [4.69, 9.17) is 14.2 Å². The lowest BCUT2D eigenvalue weighted by molar-refractivity contribution is 0.0733. The minimum absolute atomic E-state index is 0. The average molecular weight is 296 g/mol. The Morgan fingerprint density at radius 1 is 1.10 bits per heavy atom. The highest BCUT2D eigenvalue weighted by atomic mass is 35.5. The Morgan fingerprint density at radius 2 is 1.85 bits per heavy atom. The Morgan fingerprint density at radius 3 is 2.45 bits per heavy atom. The fraction of sp³-hybridized carbons (Fsp3) is 0.143. The standard InChI is InChI=1S/C14H13NO4.ClH/c1-17-12-6-5-10(8-13(12)18-2)14(16)19-11-4-3-7-15-9-11;/h3-9H,1-2H3;1H. The van der Waals surface area contributed by atoms with Crippen LogP contribution in [0.5, 0.6) is 17.2 Å². The predicted molar refractivity (Wildman–Crippen MR) is 76.0 cm³/mol. The summed E-state index contributed by atoms with van der Waals surface area (Å²) in [7, 11) is 3.04. The molecule has 2 rings (SSSR count). The van der Waals surface area contributed by atoms with Crippen molar-refractivity contribution >= 4 is 18.4 Å². The highest BCUT2D eigenvalue weighted by Crippen LogP contribution is 2.27. The van der Waals surface area contributed by atoms with Gasteiger partial charge in [-0.15, -0.1) is 12.4 Å². The van der Waals surface area contributed by atoms with Gasteiger partial charge >= 0.3 is 5.97 Å². The number of benzene rings is 1. The zero-order valence-electron chi connectivity index (χ0n) is 11.0. The second-order valence-electron chi connectivity index (χ2n) is 3.65. The van der Waals surface area contributed by atoms with Crippen molar-refractivity contribution in [1.82, 2.24) is 4.98 Å². The van der Waals surface area contributed by atoms with E-state index in [2.05, 4.69) is 4.98 Å². The van der Waals surface area contributed by atoms with Gasteiger partial charge in [0.1, 0.15) is 5.75 Å². The van der Waals surface area contributed by atoms with Crippen molar-refractivity contribution in [1.29, 1.82) is 0 Å². The first kappa shape index (κ1) is 15.8. The molecule has 106 valence electrons. The molecule has 1 heterocycles. The fourth-order valence-corrected chi connectivity index (χ4v) is 1.54. The molecule has 0 fully saturated rings. The molecule has 5 nitrogen and oxygen atoms in total. The Hall–Kier alpha value is -2.27. The first-order chi connectivity index (χ1) is 9.24. The fourth-order valence-electron chi connectivity index (χ4n) is 1.54. The number of rotatable bonds is 4. The highest BCUT2D eigenvalue weighted by Gasteiger charge is 2.12. The number of carbonyl (C=O) groups excluding carboxylic acids is 1. The SMILES string of the molecule is COc1ccc(C(=O)Oc2cccnc2)cc1OC.Cl. The number of methoxy groups -OCH3 is 2. The van der Waals surface area contributed by atoms with Gasteiger partial charge in [0.2, 0.25) is 0 Å². The van der Waals surface area contributed by atoms with Crippen molar-refractivity contribution in [3.05, 3.63) is 48.3 Å². The zero-order chi connectivity index (χ0) is 13.7. The summed E-state index contributed by atoms with van der Waals surface area (Å²) in [5.74, 6) is 0.944. The van der Waals surface area contributed by atoms with Crippen LogP contribution in [0.1, 0.15) is 10.4 Å². The molecule has 0 N–H and O–H groups in total. The molecule has 20 heavy (non-hydrogen) atoms. The predicted octanol–water partition coefficient (Wildman–Crippen LogP) is 2.74. The molecule has 0 saturated heterocycles. The van der Waals surface area contributed by atoms with Crippen molar-refractivity contribution < 1.29 is 19.0 Å². The molecule has 0 amide bonds. The molecule has 0 atom stereocenters. The first-order valence-corrected chi connectivity index (χ1v) is 5.59. The van der Waals surface area contributed by atoms with E-state index in [0.29, 0.717) is 22.8 Å². The van der Waals surface area contributed by atoms with Crippen molar-refractivity contribution in [3.8, 4) is 17.2 Å². The lowest BCUT2D eigenvalue weighted by Gasteiger charge is -2.09. The van der Waals surface area contributed by atoms with E-state index in [0.717, 1.165) is 0 Å². The largest absolute Gasteiger partial charge is 0.493 e. The molecule has 0 unspecified atom stereocenters. The number of nitrogens with zero attached hydrogens (tertiary/aromatic N) is 1. The molecule has 0 bridgehead atoms. The zero-order valence-corrected chi connectivity index (χ0v) is 11.8. The van der Waals surface area contributed by atoms with Crippen molar-refractivity contribution in [2.24, 2.45) is 0 Å². The van der Waals surface area contributed by atoms with Crippen LogP contribution in [-0.4, -0.2) is 25.2 Å². The Bertz CT molecular complexity index is 575. The maximum atomic E-state index is 11.9. The van der Waals surface area contributed by atoms with E-state index in [-0.39, 0.29) is 12.4 Å². The minimum Gasteiger partial charge on any atom is -0.493 e. The van der Waals surface area contributed by atoms with E-state index < -0.39 is 5.97 Å². The number of carbonyl (C=O) groups is 1. The molecule has 0 aliphatic carbocycles. The quantitative estimate of drug-likeness (QED) is 0.812. The summed E-state index contributed by atoms with van der Waals surface area (Å²) in [6.45, 7) is 0. The lowest BCUT2D eigenvalue weighted by Crippen LogP contribution is -2.09. The van der Waals surface area contributed by atoms with Crippen LogP contribution in [-0.2, 0) is 0 Å². The van der Waals surface area contributed by atoms with Gasteiger partial charge in [-0.05, 0) is 30.3 Å². The van der Waals surface area contributed by atoms with E-state index in [1.165, 1.54) is 20.4 Å². The van der Waals surface area contributed by atoms with Crippen molar-refractivity contribution in [2.75, 3.05) is 14.2 Å². The van der Waals surface area contributed by atoms with Gasteiger partial charge in [0.25, 0.3) is 0 Å². The average Bonchev–Trinajstić information content (AvgIpc) is 2.47. The number of pyridine rings is 1. The molecule has 0 saturated carbocycles. The Labute approximate surface area is 122 Å². The van der Waals surface area contributed by atoms with Gasteiger partial charge < -0.3 is 14.2 Å². The minimum atomic E-state index is -0.478. The van der Waals surface area contributed by atoms with Crippen LogP contribution in [0.2, 0.25) is 0 Å². The first-order valence-electron chi connectivity index (χ1n) is 5.59. The molecule has 1 aromatic heterocycles. The summed E-state index contributed by atoms with van der Waals surface area (Å²) in [5, 5.41) is 0. The topological polar surface area (TPSA) is 57.7 Å². The van der Waals surface area contributed by atoms with Crippen LogP contribution < -0.4 is 14.2 Å². The molecule has 0 spiro atoms. The smallest absolute Gasteiger partial charge is 0.343 e. The third-order valence-corrected chi connectivity index (χ3v) is 2.46. The van der Waals surface area contributed by atoms with Gasteiger partial charge in [0.05, 0.1) is 26.0 Å². The molecule has 0 radical (unpaired) electrons. The lowest BCUT2D eigenvalue weighted by atomic mass is 10.2. The van der Waals surface area contributed by atoms with Gasteiger partial charge in [-0.3, -0.25) is 4.98 Å².